The molecule has 1 aromatic heterocycles. The van der Waals surface area contributed by atoms with Gasteiger partial charge in [-0.25, -0.2) is 9.97 Å². The van der Waals surface area contributed by atoms with E-state index < -0.39 is 0 Å². The van der Waals surface area contributed by atoms with Crippen LogP contribution in [-0.2, 0) is 0 Å². The highest BCUT2D eigenvalue weighted by molar-refractivity contribution is 5.26. The highest BCUT2D eigenvalue weighted by atomic mass is 15.2. The van der Waals surface area contributed by atoms with E-state index in [0.29, 0.717) is 0 Å². The summed E-state index contributed by atoms with van der Waals surface area (Å²) < 4.78 is 0. The summed E-state index contributed by atoms with van der Waals surface area (Å²) >= 11 is 0. The Morgan fingerprint density at radius 1 is 1.47 bits per heavy atom. The molecule has 2 rings (SSSR count). The number of hydrogen-bond donors (Lipinski definition) is 1. The van der Waals surface area contributed by atoms with Crippen LogP contribution in [0.3, 0.4) is 0 Å². The summed E-state index contributed by atoms with van der Waals surface area (Å²) in [5.74, 6) is 1.55. The van der Waals surface area contributed by atoms with Gasteiger partial charge in [0.05, 0.1) is 0 Å². The molecule has 1 N–H and O–H groups in total. The molecule has 2 unspecified atom stereocenters. The fourth-order valence-corrected chi connectivity index (χ4v) is 3.13. The molecule has 2 atom stereocenters. The Labute approximate surface area is 116 Å². The highest BCUT2D eigenvalue weighted by Gasteiger charge is 2.36. The van der Waals surface area contributed by atoms with E-state index in [1.165, 1.54) is 25.7 Å². The standard InChI is InChI=1S/C15H26N4/c1-12-6-5-8-15(10-12,19(3)4)11-17-14-16-9-7-13(2)18-14/h7,9,12H,5-6,8,10-11H2,1-4H3,(H,16,17,18). The Balaban J connectivity index is 2.05. The van der Waals surface area contributed by atoms with Gasteiger partial charge >= 0.3 is 0 Å². The molecule has 4 heteroatoms. The predicted octanol–water partition coefficient (Wildman–Crippen LogP) is 2.71. The molecule has 19 heavy (non-hydrogen) atoms. The smallest absolute Gasteiger partial charge is 0.222 e. The lowest BCUT2D eigenvalue weighted by Gasteiger charge is -2.45. The minimum atomic E-state index is 0.241. The fraction of sp³-hybridized carbons (Fsp3) is 0.733. The van der Waals surface area contributed by atoms with E-state index in [4.69, 9.17) is 0 Å². The van der Waals surface area contributed by atoms with E-state index in [1.807, 2.05) is 19.2 Å². The number of nitrogens with zero attached hydrogens (tertiary/aromatic N) is 3. The summed E-state index contributed by atoms with van der Waals surface area (Å²) in [5.41, 5.74) is 1.25. The van der Waals surface area contributed by atoms with Gasteiger partial charge in [0.1, 0.15) is 0 Å². The van der Waals surface area contributed by atoms with Gasteiger partial charge in [0.15, 0.2) is 0 Å². The van der Waals surface area contributed by atoms with Crippen LogP contribution in [0.5, 0.6) is 0 Å². The second-order valence-electron chi connectivity index (χ2n) is 6.20. The zero-order valence-electron chi connectivity index (χ0n) is 12.6. The molecule has 0 spiro atoms. The van der Waals surface area contributed by atoms with Crippen molar-refractivity contribution in [2.24, 2.45) is 5.92 Å². The minimum absolute atomic E-state index is 0.241. The summed E-state index contributed by atoms with van der Waals surface area (Å²) in [6, 6.07) is 1.93. The molecule has 1 fully saturated rings. The van der Waals surface area contributed by atoms with Crippen LogP contribution in [0, 0.1) is 12.8 Å². The second kappa shape index (κ2) is 5.87. The van der Waals surface area contributed by atoms with Gasteiger partial charge in [0.2, 0.25) is 5.95 Å². The van der Waals surface area contributed by atoms with Crippen LogP contribution in [0.25, 0.3) is 0 Å². The molecular formula is C15H26N4. The third-order valence-electron chi connectivity index (χ3n) is 4.39. The van der Waals surface area contributed by atoms with E-state index in [0.717, 1.165) is 24.1 Å². The average molecular weight is 262 g/mol. The van der Waals surface area contributed by atoms with E-state index in [-0.39, 0.29) is 5.54 Å². The van der Waals surface area contributed by atoms with Crippen molar-refractivity contribution in [2.75, 3.05) is 26.0 Å². The van der Waals surface area contributed by atoms with Crippen molar-refractivity contribution >= 4 is 5.95 Å². The molecule has 1 aliphatic rings. The van der Waals surface area contributed by atoms with Crippen LogP contribution in [-0.4, -0.2) is 41.0 Å². The lowest BCUT2D eigenvalue weighted by molar-refractivity contribution is 0.0881. The van der Waals surface area contributed by atoms with E-state index in [1.54, 1.807) is 0 Å². The number of aryl methyl sites for hydroxylation is 1. The zero-order chi connectivity index (χ0) is 13.9. The first-order valence-electron chi connectivity index (χ1n) is 7.23. The first-order chi connectivity index (χ1) is 9.02. The molecule has 0 aromatic carbocycles. The fourth-order valence-electron chi connectivity index (χ4n) is 3.13. The Bertz CT molecular complexity index is 418. The predicted molar refractivity (Wildman–Crippen MR) is 79.3 cm³/mol. The molecule has 0 amide bonds. The van der Waals surface area contributed by atoms with Crippen LogP contribution in [0.2, 0.25) is 0 Å². The van der Waals surface area contributed by atoms with E-state index in [9.17, 15) is 0 Å². The quantitative estimate of drug-likeness (QED) is 0.906. The van der Waals surface area contributed by atoms with Gasteiger partial charge in [-0.05, 0) is 45.8 Å². The van der Waals surface area contributed by atoms with Crippen LogP contribution in [0.4, 0.5) is 5.95 Å². The molecule has 0 saturated heterocycles. The third kappa shape index (κ3) is 3.44. The van der Waals surface area contributed by atoms with Gasteiger partial charge in [0, 0.05) is 24.0 Å². The average Bonchev–Trinajstić information content (AvgIpc) is 2.36. The van der Waals surface area contributed by atoms with Crippen LogP contribution >= 0.6 is 0 Å². The van der Waals surface area contributed by atoms with Gasteiger partial charge in [-0.3, -0.25) is 0 Å². The highest BCUT2D eigenvalue weighted by Crippen LogP contribution is 2.35. The molecular weight excluding hydrogens is 236 g/mol. The first-order valence-corrected chi connectivity index (χ1v) is 7.23. The number of aromatic nitrogens is 2. The van der Waals surface area contributed by atoms with Crippen molar-refractivity contribution in [1.82, 2.24) is 14.9 Å². The maximum absolute atomic E-state index is 4.43. The van der Waals surface area contributed by atoms with Crippen LogP contribution in [0.1, 0.15) is 38.3 Å². The minimum Gasteiger partial charge on any atom is -0.352 e. The normalized spacial score (nSPS) is 27.5. The summed E-state index contributed by atoms with van der Waals surface area (Å²) in [5, 5.41) is 3.43. The van der Waals surface area contributed by atoms with Crippen LogP contribution < -0.4 is 5.32 Å². The molecule has 0 bridgehead atoms. The molecule has 1 aliphatic carbocycles. The van der Waals surface area contributed by atoms with Crippen molar-refractivity contribution < 1.29 is 0 Å². The summed E-state index contributed by atoms with van der Waals surface area (Å²) in [7, 11) is 4.38. The Morgan fingerprint density at radius 3 is 2.89 bits per heavy atom. The van der Waals surface area contributed by atoms with Crippen molar-refractivity contribution in [3.8, 4) is 0 Å². The van der Waals surface area contributed by atoms with Crippen LogP contribution in [0.15, 0.2) is 12.3 Å². The topological polar surface area (TPSA) is 41.1 Å². The van der Waals surface area contributed by atoms with E-state index >= 15 is 0 Å². The van der Waals surface area contributed by atoms with Gasteiger partial charge in [-0.15, -0.1) is 0 Å². The van der Waals surface area contributed by atoms with Gasteiger partial charge in [0.25, 0.3) is 0 Å². The van der Waals surface area contributed by atoms with E-state index in [2.05, 4.69) is 41.2 Å². The molecule has 0 radical (unpaired) electrons. The summed E-state index contributed by atoms with van der Waals surface area (Å²) in [6.45, 7) is 5.28. The van der Waals surface area contributed by atoms with Crippen molar-refractivity contribution in [1.29, 1.82) is 0 Å². The largest absolute Gasteiger partial charge is 0.352 e. The van der Waals surface area contributed by atoms with Crippen molar-refractivity contribution in [2.45, 2.75) is 45.1 Å². The number of likely N-dealkylation sites (N-methyl/N-ethyl adjacent to an activating group) is 1. The molecule has 4 nitrogen and oxygen atoms in total. The number of rotatable bonds is 4. The molecule has 106 valence electrons. The van der Waals surface area contributed by atoms with Crippen molar-refractivity contribution in [3.63, 3.8) is 0 Å². The third-order valence-corrected chi connectivity index (χ3v) is 4.39. The summed E-state index contributed by atoms with van der Waals surface area (Å²) in [4.78, 5) is 11.1. The lowest BCUT2D eigenvalue weighted by atomic mass is 9.75. The first kappa shape index (κ1) is 14.3. The van der Waals surface area contributed by atoms with Gasteiger partial charge in [-0.1, -0.05) is 19.8 Å². The molecule has 1 heterocycles. The second-order valence-corrected chi connectivity index (χ2v) is 6.20. The Kier molecular flexibility index (Phi) is 4.40. The molecule has 1 aromatic rings. The molecule has 1 saturated carbocycles. The van der Waals surface area contributed by atoms with Crippen molar-refractivity contribution in [3.05, 3.63) is 18.0 Å². The monoisotopic (exact) mass is 262 g/mol. The molecule has 0 aliphatic heterocycles. The maximum Gasteiger partial charge on any atom is 0.222 e. The number of hydrogen-bond acceptors (Lipinski definition) is 4. The zero-order valence-corrected chi connectivity index (χ0v) is 12.6. The van der Waals surface area contributed by atoms with Gasteiger partial charge in [-0.2, -0.15) is 0 Å². The lowest BCUT2D eigenvalue weighted by Crippen LogP contribution is -2.52. The maximum atomic E-state index is 4.43. The SMILES string of the molecule is Cc1ccnc(NCC2(N(C)C)CCCC(C)C2)n1. The Hall–Kier alpha value is -1.16. The summed E-state index contributed by atoms with van der Waals surface area (Å²) in [6.07, 6.45) is 6.99. The number of anilines is 1. The number of nitrogens with one attached hydrogen (secondary N) is 1. The van der Waals surface area contributed by atoms with Gasteiger partial charge < -0.3 is 10.2 Å². The Morgan fingerprint density at radius 2 is 2.26 bits per heavy atom.